The summed E-state index contributed by atoms with van der Waals surface area (Å²) in [5.41, 5.74) is 2.84. The van der Waals surface area contributed by atoms with Crippen molar-refractivity contribution in [2.45, 2.75) is 32.2 Å². The highest BCUT2D eigenvalue weighted by atomic mass is 16.5. The number of benzene rings is 2. The third-order valence-corrected chi connectivity index (χ3v) is 5.01. The predicted molar refractivity (Wildman–Crippen MR) is 122 cm³/mol. The summed E-state index contributed by atoms with van der Waals surface area (Å²) in [6.07, 6.45) is 5.90. The van der Waals surface area contributed by atoms with Gasteiger partial charge in [0, 0.05) is 30.5 Å². The van der Waals surface area contributed by atoms with Crippen LogP contribution in [0.3, 0.4) is 0 Å². The number of H-pyrrole nitrogens is 1. The van der Waals surface area contributed by atoms with Gasteiger partial charge in [-0.15, -0.1) is 16.6 Å². The van der Waals surface area contributed by atoms with Gasteiger partial charge in [-0.3, -0.25) is 4.79 Å². The van der Waals surface area contributed by atoms with Crippen molar-refractivity contribution in [3.63, 3.8) is 0 Å². The average molecular weight is 434 g/mol. The van der Waals surface area contributed by atoms with Gasteiger partial charge in [0.05, 0.1) is 6.04 Å². The Labute approximate surface area is 187 Å². The van der Waals surface area contributed by atoms with E-state index in [9.17, 15) is 4.79 Å². The predicted octanol–water partition coefficient (Wildman–Crippen LogP) is 3.76. The lowest BCUT2D eigenvalue weighted by Crippen LogP contribution is -2.17. The van der Waals surface area contributed by atoms with E-state index in [1.54, 1.807) is 25.3 Å². The molecular formula is C24H27N5O3. The van der Waals surface area contributed by atoms with Crippen LogP contribution in [0, 0.1) is 12.3 Å². The van der Waals surface area contributed by atoms with E-state index in [1.807, 2.05) is 24.3 Å². The maximum atomic E-state index is 13.4. The second-order valence-electron chi connectivity index (χ2n) is 7.55. The molecule has 1 aromatic heterocycles. The molecule has 0 saturated heterocycles. The normalized spacial score (nSPS) is 11.7. The second kappa shape index (κ2) is 11.1. The van der Waals surface area contributed by atoms with Crippen LogP contribution in [0.4, 0.5) is 5.69 Å². The number of nitrogens with one attached hydrogen (secondary N) is 2. The van der Waals surface area contributed by atoms with Gasteiger partial charge >= 0.3 is 0 Å². The molecule has 0 amide bonds. The lowest BCUT2D eigenvalue weighted by Gasteiger charge is -2.19. The molecule has 0 radical (unpaired) electrons. The van der Waals surface area contributed by atoms with Gasteiger partial charge in [0.1, 0.15) is 12.4 Å². The zero-order valence-corrected chi connectivity index (χ0v) is 18.5. The van der Waals surface area contributed by atoms with Crippen LogP contribution in [0.15, 0.2) is 42.5 Å². The van der Waals surface area contributed by atoms with Crippen molar-refractivity contribution in [2.75, 3.05) is 25.6 Å². The number of terminal acetylenes is 1. The molecule has 2 N–H and O–H groups in total. The lowest BCUT2D eigenvalue weighted by molar-refractivity contribution is 0.103. The average Bonchev–Trinajstić information content (AvgIpc) is 3.35. The summed E-state index contributed by atoms with van der Waals surface area (Å²) in [4.78, 5) is 13.4. The number of hydrogen-bond donors (Lipinski definition) is 2. The number of ether oxygens (including phenoxy) is 2. The first kappa shape index (κ1) is 23.0. The molecule has 0 saturated carbocycles. The Balaban J connectivity index is 1.96. The number of carbonyl (C=O) groups is 1. The Morgan fingerprint density at radius 1 is 1.22 bits per heavy atom. The van der Waals surface area contributed by atoms with Crippen molar-refractivity contribution in [1.82, 2.24) is 20.6 Å². The minimum Gasteiger partial charge on any atom is -0.481 e. The minimum absolute atomic E-state index is 0.114. The summed E-state index contributed by atoms with van der Waals surface area (Å²) in [6, 6.07) is 12.6. The Kier molecular flexibility index (Phi) is 7.95. The number of anilines is 1. The molecule has 3 rings (SSSR count). The summed E-state index contributed by atoms with van der Waals surface area (Å²) in [7, 11) is 1.63. The van der Waals surface area contributed by atoms with Gasteiger partial charge in [0.2, 0.25) is 0 Å². The fraction of sp³-hybridized carbons (Fsp3) is 0.333. The number of rotatable bonds is 11. The molecule has 0 aliphatic heterocycles. The first-order valence-electron chi connectivity index (χ1n) is 10.4. The molecule has 3 aromatic rings. The number of nitrogens with zero attached hydrogens (tertiary/aromatic N) is 3. The third-order valence-electron chi connectivity index (χ3n) is 5.01. The van der Waals surface area contributed by atoms with Crippen LogP contribution >= 0.6 is 0 Å². The number of aromatic amines is 1. The van der Waals surface area contributed by atoms with Crippen molar-refractivity contribution in [1.29, 1.82) is 0 Å². The van der Waals surface area contributed by atoms with E-state index in [0.717, 1.165) is 0 Å². The van der Waals surface area contributed by atoms with Crippen LogP contribution in [0.2, 0.25) is 0 Å². The zero-order valence-electron chi connectivity index (χ0n) is 18.5. The second-order valence-corrected chi connectivity index (χ2v) is 7.55. The minimum atomic E-state index is -0.305. The standard InChI is InChI=1S/C24H27N5O3/c1-5-13-32-19-10-11-21(25-22(12-14-31-4)24-26-28-29-27-24)20(15-19)23(30)18-8-6-17(7-9-18)16(2)3/h1,6-11,15-16,22,25H,12-14H2,2-4H3,(H,26,27,28,29). The van der Waals surface area contributed by atoms with E-state index < -0.39 is 0 Å². The van der Waals surface area contributed by atoms with Crippen LogP contribution in [0.1, 0.15) is 59.5 Å². The Bertz CT molecular complexity index is 1060. The van der Waals surface area contributed by atoms with E-state index >= 15 is 0 Å². The van der Waals surface area contributed by atoms with E-state index in [0.29, 0.717) is 47.3 Å². The Hall–Kier alpha value is -3.70. The Morgan fingerprint density at radius 3 is 2.62 bits per heavy atom. The summed E-state index contributed by atoms with van der Waals surface area (Å²) < 4.78 is 10.8. The number of tetrazole rings is 1. The molecule has 166 valence electrons. The van der Waals surface area contributed by atoms with Crippen molar-refractivity contribution in [3.8, 4) is 18.1 Å². The van der Waals surface area contributed by atoms with Gasteiger partial charge < -0.3 is 14.8 Å². The zero-order chi connectivity index (χ0) is 22.9. The maximum absolute atomic E-state index is 13.4. The molecule has 32 heavy (non-hydrogen) atoms. The summed E-state index contributed by atoms with van der Waals surface area (Å²) in [5, 5.41) is 17.6. The number of carbonyl (C=O) groups excluding carboxylic acids is 1. The first-order chi connectivity index (χ1) is 15.5. The van der Waals surface area contributed by atoms with Gasteiger partial charge in [-0.1, -0.05) is 49.2 Å². The molecule has 8 heteroatoms. The number of aromatic nitrogens is 4. The molecule has 0 fully saturated rings. The van der Waals surface area contributed by atoms with Gasteiger partial charge in [0.25, 0.3) is 0 Å². The summed E-state index contributed by atoms with van der Waals surface area (Å²) >= 11 is 0. The van der Waals surface area contributed by atoms with Crippen LogP contribution in [0.25, 0.3) is 0 Å². The quantitative estimate of drug-likeness (QED) is 0.351. The highest BCUT2D eigenvalue weighted by Gasteiger charge is 2.21. The van der Waals surface area contributed by atoms with Crippen molar-refractivity contribution in [3.05, 3.63) is 65.0 Å². The van der Waals surface area contributed by atoms with E-state index in [2.05, 4.69) is 45.7 Å². The van der Waals surface area contributed by atoms with Gasteiger partial charge in [-0.2, -0.15) is 5.21 Å². The molecular weight excluding hydrogens is 406 g/mol. The molecule has 0 aliphatic rings. The van der Waals surface area contributed by atoms with Crippen molar-refractivity contribution in [2.24, 2.45) is 0 Å². The van der Waals surface area contributed by atoms with E-state index in [-0.39, 0.29) is 18.4 Å². The number of hydrogen-bond acceptors (Lipinski definition) is 7. The maximum Gasteiger partial charge on any atom is 0.196 e. The fourth-order valence-electron chi connectivity index (χ4n) is 3.23. The number of ketones is 1. The summed E-state index contributed by atoms with van der Waals surface area (Å²) in [5.74, 6) is 3.69. The molecule has 0 spiro atoms. The molecule has 0 bridgehead atoms. The SMILES string of the molecule is C#CCOc1ccc(NC(CCOC)c2nn[nH]n2)c(C(=O)c2ccc(C(C)C)cc2)c1. The van der Waals surface area contributed by atoms with Crippen LogP contribution in [0.5, 0.6) is 5.75 Å². The molecule has 2 aromatic carbocycles. The highest BCUT2D eigenvalue weighted by Crippen LogP contribution is 2.29. The lowest BCUT2D eigenvalue weighted by atomic mass is 9.97. The van der Waals surface area contributed by atoms with Crippen LogP contribution in [-0.2, 0) is 4.74 Å². The fourth-order valence-corrected chi connectivity index (χ4v) is 3.23. The van der Waals surface area contributed by atoms with Crippen molar-refractivity contribution < 1.29 is 14.3 Å². The van der Waals surface area contributed by atoms with Crippen molar-refractivity contribution >= 4 is 11.5 Å². The largest absolute Gasteiger partial charge is 0.481 e. The highest BCUT2D eigenvalue weighted by molar-refractivity contribution is 6.12. The molecule has 8 nitrogen and oxygen atoms in total. The van der Waals surface area contributed by atoms with E-state index in [4.69, 9.17) is 15.9 Å². The van der Waals surface area contributed by atoms with E-state index in [1.165, 1.54) is 5.56 Å². The smallest absolute Gasteiger partial charge is 0.196 e. The monoisotopic (exact) mass is 433 g/mol. The van der Waals surface area contributed by atoms with Gasteiger partial charge in [-0.05, 0) is 36.1 Å². The first-order valence-corrected chi connectivity index (χ1v) is 10.4. The summed E-state index contributed by atoms with van der Waals surface area (Å²) in [6.45, 7) is 4.82. The number of methoxy groups -OCH3 is 1. The van der Waals surface area contributed by atoms with Crippen LogP contribution < -0.4 is 10.1 Å². The molecule has 1 unspecified atom stereocenters. The Morgan fingerprint density at radius 2 is 2.00 bits per heavy atom. The van der Waals surface area contributed by atoms with Crippen LogP contribution in [-0.4, -0.2) is 46.7 Å². The molecule has 1 heterocycles. The topological polar surface area (TPSA) is 102 Å². The molecule has 1 atom stereocenters. The van der Waals surface area contributed by atoms with Gasteiger partial charge in [-0.25, -0.2) is 0 Å². The third kappa shape index (κ3) is 5.71. The van der Waals surface area contributed by atoms with Gasteiger partial charge in [0.15, 0.2) is 11.6 Å². The molecule has 0 aliphatic carbocycles.